The number of benzene rings is 3. The van der Waals surface area contributed by atoms with Crippen LogP contribution in [0.1, 0.15) is 24.0 Å². The Labute approximate surface area is 148 Å². The number of hydrogen-bond donors (Lipinski definition) is 1. The first-order valence-electron chi connectivity index (χ1n) is 8.54. The second-order valence-corrected chi connectivity index (χ2v) is 6.32. The Morgan fingerprint density at radius 2 is 1.72 bits per heavy atom. The molecule has 25 heavy (non-hydrogen) atoms. The molecule has 2 heteroatoms. The standard InChI is InChI=1S/C23H20N2/c1-17-11-12-19(15-17)22-14-13-18-7-5-6-10-21(18)23(22)16-24-25-20-8-3-2-4-9-20/h2-16,19,25H,1H3. The minimum Gasteiger partial charge on any atom is -0.279 e. The van der Waals surface area contributed by atoms with Gasteiger partial charge in [-0.1, -0.05) is 78.4 Å². The van der Waals surface area contributed by atoms with E-state index in [4.69, 9.17) is 0 Å². The summed E-state index contributed by atoms with van der Waals surface area (Å²) < 4.78 is 0. The van der Waals surface area contributed by atoms with Crippen molar-refractivity contribution in [2.24, 2.45) is 5.10 Å². The van der Waals surface area contributed by atoms with Gasteiger partial charge in [-0.2, -0.15) is 5.10 Å². The zero-order chi connectivity index (χ0) is 17.1. The molecule has 0 heterocycles. The Morgan fingerprint density at radius 3 is 2.52 bits per heavy atom. The molecule has 1 unspecified atom stereocenters. The van der Waals surface area contributed by atoms with Gasteiger partial charge in [0.15, 0.2) is 0 Å². The van der Waals surface area contributed by atoms with Gasteiger partial charge in [0, 0.05) is 11.5 Å². The first-order valence-corrected chi connectivity index (χ1v) is 8.54. The Balaban J connectivity index is 1.75. The van der Waals surface area contributed by atoms with Gasteiger partial charge in [-0.05, 0) is 35.4 Å². The van der Waals surface area contributed by atoms with E-state index >= 15 is 0 Å². The van der Waals surface area contributed by atoms with Crippen molar-refractivity contribution in [3.8, 4) is 0 Å². The number of fused-ring (bicyclic) bond motifs is 1. The lowest BCUT2D eigenvalue weighted by molar-refractivity contribution is 1.10. The minimum atomic E-state index is 0.308. The summed E-state index contributed by atoms with van der Waals surface area (Å²) in [6, 6.07) is 22.9. The first-order chi connectivity index (χ1) is 12.3. The fraction of sp³-hybridized carbons (Fsp3) is 0.0870. The molecule has 3 aromatic rings. The van der Waals surface area contributed by atoms with Crippen molar-refractivity contribution < 1.29 is 0 Å². The summed E-state index contributed by atoms with van der Waals surface area (Å²) in [4.78, 5) is 0. The third-order valence-corrected chi connectivity index (χ3v) is 4.53. The summed E-state index contributed by atoms with van der Waals surface area (Å²) in [6.07, 6.45) is 8.68. The van der Waals surface area contributed by atoms with Gasteiger partial charge in [0.2, 0.25) is 0 Å². The quantitative estimate of drug-likeness (QED) is 0.470. The second kappa shape index (κ2) is 6.78. The molecule has 0 fully saturated rings. The van der Waals surface area contributed by atoms with E-state index in [1.165, 1.54) is 27.5 Å². The van der Waals surface area contributed by atoms with E-state index in [0.29, 0.717) is 5.92 Å². The molecular formula is C23H20N2. The Morgan fingerprint density at radius 1 is 0.920 bits per heavy atom. The number of para-hydroxylation sites is 1. The van der Waals surface area contributed by atoms with Gasteiger partial charge >= 0.3 is 0 Å². The van der Waals surface area contributed by atoms with Crippen LogP contribution in [0, 0.1) is 0 Å². The number of allylic oxidation sites excluding steroid dienone is 4. The number of nitrogens with zero attached hydrogens (tertiary/aromatic N) is 1. The molecule has 3 aromatic carbocycles. The molecule has 1 N–H and O–H groups in total. The van der Waals surface area contributed by atoms with Crippen molar-refractivity contribution >= 4 is 22.7 Å². The monoisotopic (exact) mass is 324 g/mol. The minimum absolute atomic E-state index is 0.308. The van der Waals surface area contributed by atoms with Crippen molar-refractivity contribution in [3.63, 3.8) is 0 Å². The number of hydrazone groups is 1. The number of nitrogens with one attached hydrogen (secondary N) is 1. The molecule has 4 rings (SSSR count). The van der Waals surface area contributed by atoms with Crippen molar-refractivity contribution in [1.82, 2.24) is 0 Å². The lowest BCUT2D eigenvalue weighted by atomic mass is 9.91. The average molecular weight is 324 g/mol. The summed E-state index contributed by atoms with van der Waals surface area (Å²) in [5.74, 6) is 0.308. The number of rotatable bonds is 4. The lowest BCUT2D eigenvalue weighted by Gasteiger charge is -2.13. The van der Waals surface area contributed by atoms with Gasteiger partial charge in [-0.25, -0.2) is 0 Å². The highest BCUT2D eigenvalue weighted by molar-refractivity contribution is 6.01. The maximum absolute atomic E-state index is 4.49. The molecule has 0 saturated heterocycles. The Hall–Kier alpha value is -3.13. The van der Waals surface area contributed by atoms with Gasteiger partial charge in [-0.15, -0.1) is 0 Å². The molecule has 2 nitrogen and oxygen atoms in total. The summed E-state index contributed by atoms with van der Waals surface area (Å²) in [7, 11) is 0. The molecule has 0 saturated carbocycles. The van der Waals surface area contributed by atoms with Crippen LogP contribution >= 0.6 is 0 Å². The molecule has 122 valence electrons. The van der Waals surface area contributed by atoms with Crippen LogP contribution in [-0.4, -0.2) is 6.21 Å². The van der Waals surface area contributed by atoms with E-state index in [2.05, 4.69) is 72.1 Å². The van der Waals surface area contributed by atoms with E-state index in [-0.39, 0.29) is 0 Å². The first kappa shape index (κ1) is 15.4. The summed E-state index contributed by atoms with van der Waals surface area (Å²) in [5.41, 5.74) is 7.86. The Kier molecular flexibility index (Phi) is 4.17. The molecule has 0 amide bonds. The van der Waals surface area contributed by atoms with Crippen LogP contribution < -0.4 is 5.43 Å². The lowest BCUT2D eigenvalue weighted by Crippen LogP contribution is -1.99. The second-order valence-electron chi connectivity index (χ2n) is 6.32. The van der Waals surface area contributed by atoms with Crippen molar-refractivity contribution in [3.05, 3.63) is 102 Å². The van der Waals surface area contributed by atoms with Gasteiger partial charge in [0.05, 0.1) is 11.9 Å². The van der Waals surface area contributed by atoms with E-state index in [1.54, 1.807) is 0 Å². The summed E-state index contributed by atoms with van der Waals surface area (Å²) >= 11 is 0. The van der Waals surface area contributed by atoms with Gasteiger partial charge < -0.3 is 0 Å². The molecule has 0 aliphatic heterocycles. The molecular weight excluding hydrogens is 304 g/mol. The SMILES string of the molecule is CC1=CC(c2ccc3ccccc3c2C=NNc2ccccc2)C=C1. The van der Waals surface area contributed by atoms with Gasteiger partial charge in [-0.3, -0.25) is 5.43 Å². The molecule has 1 aliphatic rings. The molecule has 0 spiro atoms. The maximum Gasteiger partial charge on any atom is 0.0561 e. The predicted molar refractivity (Wildman–Crippen MR) is 107 cm³/mol. The molecule has 0 bridgehead atoms. The van der Waals surface area contributed by atoms with Crippen LogP contribution in [0.4, 0.5) is 5.69 Å². The molecule has 0 aromatic heterocycles. The van der Waals surface area contributed by atoms with Crippen LogP contribution in [0.2, 0.25) is 0 Å². The molecule has 0 radical (unpaired) electrons. The summed E-state index contributed by atoms with van der Waals surface area (Å²) in [5, 5.41) is 6.95. The predicted octanol–water partition coefficient (Wildman–Crippen LogP) is 5.89. The highest BCUT2D eigenvalue weighted by atomic mass is 15.3. The van der Waals surface area contributed by atoms with E-state index in [1.807, 2.05) is 36.5 Å². The largest absolute Gasteiger partial charge is 0.279 e. The molecule has 1 atom stereocenters. The van der Waals surface area contributed by atoms with Crippen LogP contribution in [0.5, 0.6) is 0 Å². The van der Waals surface area contributed by atoms with E-state index < -0.39 is 0 Å². The number of hydrogen-bond acceptors (Lipinski definition) is 2. The van der Waals surface area contributed by atoms with Crippen molar-refractivity contribution in [2.45, 2.75) is 12.8 Å². The highest BCUT2D eigenvalue weighted by Crippen LogP contribution is 2.32. The normalized spacial score (nSPS) is 16.5. The molecule has 1 aliphatic carbocycles. The topological polar surface area (TPSA) is 24.4 Å². The fourth-order valence-corrected chi connectivity index (χ4v) is 3.27. The zero-order valence-electron chi connectivity index (χ0n) is 14.2. The zero-order valence-corrected chi connectivity index (χ0v) is 14.2. The maximum atomic E-state index is 4.49. The van der Waals surface area contributed by atoms with Crippen LogP contribution in [0.3, 0.4) is 0 Å². The van der Waals surface area contributed by atoms with Crippen molar-refractivity contribution in [2.75, 3.05) is 5.43 Å². The van der Waals surface area contributed by atoms with Crippen molar-refractivity contribution in [1.29, 1.82) is 0 Å². The van der Waals surface area contributed by atoms with Crippen LogP contribution in [0.25, 0.3) is 10.8 Å². The third kappa shape index (κ3) is 3.24. The Bertz CT molecular complexity index is 981. The van der Waals surface area contributed by atoms with Gasteiger partial charge in [0.25, 0.3) is 0 Å². The van der Waals surface area contributed by atoms with E-state index in [0.717, 1.165) is 5.69 Å². The fourth-order valence-electron chi connectivity index (χ4n) is 3.27. The third-order valence-electron chi connectivity index (χ3n) is 4.53. The van der Waals surface area contributed by atoms with Crippen LogP contribution in [0.15, 0.2) is 95.6 Å². The smallest absolute Gasteiger partial charge is 0.0561 e. The van der Waals surface area contributed by atoms with Crippen LogP contribution in [-0.2, 0) is 0 Å². The highest BCUT2D eigenvalue weighted by Gasteiger charge is 2.15. The number of anilines is 1. The van der Waals surface area contributed by atoms with E-state index in [9.17, 15) is 0 Å². The average Bonchev–Trinajstić information content (AvgIpc) is 3.09. The van der Waals surface area contributed by atoms with Gasteiger partial charge in [0.1, 0.15) is 0 Å². The summed E-state index contributed by atoms with van der Waals surface area (Å²) in [6.45, 7) is 2.14.